The molecule has 7 nitrogen and oxygen atoms in total. The van der Waals surface area contributed by atoms with Crippen LogP contribution in [-0.4, -0.2) is 49.5 Å². The van der Waals surface area contributed by atoms with E-state index in [1.165, 1.54) is 23.7 Å². The number of nitrogens with zero attached hydrogens (tertiary/aromatic N) is 3. The highest BCUT2D eigenvalue weighted by molar-refractivity contribution is 7.89. The van der Waals surface area contributed by atoms with Crippen LogP contribution in [-0.2, 0) is 10.0 Å². The molecule has 0 aliphatic heterocycles. The van der Waals surface area contributed by atoms with Gasteiger partial charge in [0.1, 0.15) is 17.3 Å². The van der Waals surface area contributed by atoms with Crippen LogP contribution in [0.25, 0.3) is 20.3 Å². The van der Waals surface area contributed by atoms with Crippen molar-refractivity contribution in [1.82, 2.24) is 14.9 Å². The Kier molecular flexibility index (Phi) is 4.79. The van der Waals surface area contributed by atoms with E-state index < -0.39 is 10.0 Å². The van der Waals surface area contributed by atoms with Crippen LogP contribution in [0.3, 0.4) is 0 Å². The van der Waals surface area contributed by atoms with Gasteiger partial charge in [0.05, 0.1) is 10.3 Å². The Hall–Kier alpha value is -1.81. The van der Waals surface area contributed by atoms with E-state index in [0.29, 0.717) is 11.9 Å². The van der Waals surface area contributed by atoms with Gasteiger partial charge in [-0.1, -0.05) is 0 Å². The molecule has 0 amide bonds. The van der Waals surface area contributed by atoms with E-state index >= 15 is 0 Å². The zero-order chi connectivity index (χ0) is 19.2. The summed E-state index contributed by atoms with van der Waals surface area (Å²) in [7, 11) is 0.446. The summed E-state index contributed by atoms with van der Waals surface area (Å²) in [5.41, 5.74) is 0. The molecule has 0 bridgehead atoms. The number of aromatic nitrogens is 2. The number of sulfonamides is 1. The third-order valence-corrected chi connectivity index (χ3v) is 7.18. The molecule has 1 aromatic carbocycles. The fourth-order valence-electron chi connectivity index (χ4n) is 3.66. The smallest absolute Gasteiger partial charge is 0.238 e. The highest BCUT2D eigenvalue weighted by Gasteiger charge is 2.25. The zero-order valence-corrected chi connectivity index (χ0v) is 16.9. The maximum atomic E-state index is 11.7. The molecule has 0 unspecified atom stereocenters. The Labute approximate surface area is 162 Å². The average Bonchev–Trinajstić information content (AvgIpc) is 3.00. The van der Waals surface area contributed by atoms with E-state index in [1.807, 2.05) is 0 Å². The predicted octanol–water partition coefficient (Wildman–Crippen LogP) is 2.74. The molecule has 1 fully saturated rings. The van der Waals surface area contributed by atoms with E-state index in [1.54, 1.807) is 12.1 Å². The Morgan fingerprint density at radius 3 is 2.59 bits per heavy atom. The van der Waals surface area contributed by atoms with Crippen LogP contribution >= 0.6 is 11.3 Å². The normalized spacial score (nSPS) is 21.2. The maximum Gasteiger partial charge on any atom is 0.238 e. The van der Waals surface area contributed by atoms with Crippen molar-refractivity contribution in [3.63, 3.8) is 0 Å². The number of benzene rings is 1. The lowest BCUT2D eigenvalue weighted by Crippen LogP contribution is -2.35. The van der Waals surface area contributed by atoms with Crippen molar-refractivity contribution in [3.8, 4) is 5.88 Å². The number of hydrogen-bond acceptors (Lipinski definition) is 7. The minimum absolute atomic E-state index is 0.0796. The summed E-state index contributed by atoms with van der Waals surface area (Å²) in [6.45, 7) is 0. The van der Waals surface area contributed by atoms with Crippen LogP contribution in [0.2, 0.25) is 0 Å². The number of hydrogen-bond donors (Lipinski definition) is 1. The molecule has 4 rings (SSSR count). The van der Waals surface area contributed by atoms with Crippen LogP contribution in [0.15, 0.2) is 29.4 Å². The molecular weight excluding hydrogens is 384 g/mol. The molecule has 1 saturated carbocycles. The van der Waals surface area contributed by atoms with Crippen molar-refractivity contribution < 1.29 is 13.2 Å². The molecule has 1 aliphatic carbocycles. The van der Waals surface area contributed by atoms with E-state index in [4.69, 9.17) is 9.88 Å². The molecule has 0 saturated heterocycles. The third kappa shape index (κ3) is 3.64. The Morgan fingerprint density at radius 2 is 1.93 bits per heavy atom. The molecule has 27 heavy (non-hydrogen) atoms. The van der Waals surface area contributed by atoms with Gasteiger partial charge in [0.15, 0.2) is 0 Å². The minimum atomic E-state index is -3.78. The zero-order valence-electron chi connectivity index (χ0n) is 15.3. The van der Waals surface area contributed by atoms with Gasteiger partial charge in [-0.15, -0.1) is 11.3 Å². The van der Waals surface area contributed by atoms with Crippen molar-refractivity contribution in [3.05, 3.63) is 24.5 Å². The Morgan fingerprint density at radius 1 is 1.19 bits per heavy atom. The van der Waals surface area contributed by atoms with Gasteiger partial charge in [-0.3, -0.25) is 0 Å². The number of nitrogens with two attached hydrogens (primary N) is 1. The molecule has 0 atom stereocenters. The molecule has 0 radical (unpaired) electrons. The van der Waals surface area contributed by atoms with Crippen molar-refractivity contribution in [2.45, 2.75) is 42.7 Å². The number of thiophene rings is 1. The molecular formula is C18H22N4O3S2. The van der Waals surface area contributed by atoms with Crippen LogP contribution in [0.4, 0.5) is 0 Å². The number of ether oxygens (including phenoxy) is 1. The molecule has 2 N–H and O–H groups in total. The number of primary sulfonamides is 1. The molecule has 2 aromatic heterocycles. The standard InChI is InChI=1S/C18H22N4O3S2/c1-22(2)11-3-5-12(6-4-11)25-17-16-14-9-13(27(19,23)24)7-8-15(14)26-18(16)21-10-20-17/h7-12H,3-6H2,1-2H3,(H2,19,23,24). The van der Waals surface area contributed by atoms with Crippen molar-refractivity contribution in [2.24, 2.45) is 5.14 Å². The lowest BCUT2D eigenvalue weighted by molar-refractivity contribution is 0.108. The van der Waals surface area contributed by atoms with Gasteiger partial charge < -0.3 is 9.64 Å². The molecule has 144 valence electrons. The second-order valence-corrected chi connectivity index (χ2v) is 9.77. The molecule has 1 aliphatic rings. The van der Waals surface area contributed by atoms with Gasteiger partial charge in [-0.2, -0.15) is 0 Å². The number of fused-ring (bicyclic) bond motifs is 3. The minimum Gasteiger partial charge on any atom is -0.474 e. The highest BCUT2D eigenvalue weighted by atomic mass is 32.2. The first-order valence-corrected chi connectivity index (χ1v) is 11.2. The summed E-state index contributed by atoms with van der Waals surface area (Å²) in [5.74, 6) is 0.520. The van der Waals surface area contributed by atoms with Gasteiger partial charge in [0, 0.05) is 16.1 Å². The molecule has 9 heteroatoms. The summed E-state index contributed by atoms with van der Waals surface area (Å²) in [6, 6.07) is 5.45. The van der Waals surface area contributed by atoms with Crippen molar-refractivity contribution in [2.75, 3.05) is 14.1 Å². The van der Waals surface area contributed by atoms with Crippen molar-refractivity contribution >= 4 is 41.7 Å². The van der Waals surface area contributed by atoms with Crippen LogP contribution < -0.4 is 9.88 Å². The van der Waals surface area contributed by atoms with E-state index in [-0.39, 0.29) is 11.0 Å². The summed E-state index contributed by atoms with van der Waals surface area (Å²) in [4.78, 5) is 11.8. The maximum absolute atomic E-state index is 11.7. The summed E-state index contributed by atoms with van der Waals surface area (Å²) < 4.78 is 30.6. The second kappa shape index (κ2) is 6.97. The number of rotatable bonds is 4. The van der Waals surface area contributed by atoms with Gasteiger partial charge >= 0.3 is 0 Å². The van der Waals surface area contributed by atoms with E-state index in [9.17, 15) is 8.42 Å². The third-order valence-electron chi connectivity index (χ3n) is 5.19. The van der Waals surface area contributed by atoms with Crippen LogP contribution in [0.5, 0.6) is 5.88 Å². The second-order valence-electron chi connectivity index (χ2n) is 7.18. The fourth-order valence-corrected chi connectivity index (χ4v) is 5.22. The first-order chi connectivity index (χ1) is 12.8. The summed E-state index contributed by atoms with van der Waals surface area (Å²) in [6.07, 6.45) is 5.73. The molecule has 3 aromatic rings. The predicted molar refractivity (Wildman–Crippen MR) is 107 cm³/mol. The Balaban J connectivity index is 1.71. The fraction of sp³-hybridized carbons (Fsp3) is 0.444. The first-order valence-electron chi connectivity index (χ1n) is 8.86. The summed E-state index contributed by atoms with van der Waals surface area (Å²) >= 11 is 1.49. The Bertz CT molecular complexity index is 1090. The van der Waals surface area contributed by atoms with Gasteiger partial charge in [0.25, 0.3) is 0 Å². The SMILES string of the molecule is CN(C)C1CCC(Oc2ncnc3sc4ccc(S(N)(=O)=O)cc4c23)CC1. The monoisotopic (exact) mass is 406 g/mol. The molecule has 2 heterocycles. The lowest BCUT2D eigenvalue weighted by Gasteiger charge is -2.32. The molecule has 0 spiro atoms. The van der Waals surface area contributed by atoms with Crippen LogP contribution in [0, 0.1) is 0 Å². The highest BCUT2D eigenvalue weighted by Crippen LogP contribution is 2.39. The topological polar surface area (TPSA) is 98.4 Å². The summed E-state index contributed by atoms with van der Waals surface area (Å²) in [5, 5.41) is 6.82. The van der Waals surface area contributed by atoms with Gasteiger partial charge in [-0.05, 0) is 58.0 Å². The average molecular weight is 407 g/mol. The first kappa shape index (κ1) is 18.5. The van der Waals surface area contributed by atoms with Gasteiger partial charge in [0.2, 0.25) is 15.9 Å². The van der Waals surface area contributed by atoms with Crippen LogP contribution in [0.1, 0.15) is 25.7 Å². The van der Waals surface area contributed by atoms with E-state index in [2.05, 4.69) is 29.0 Å². The largest absolute Gasteiger partial charge is 0.474 e. The van der Waals surface area contributed by atoms with Crippen molar-refractivity contribution in [1.29, 1.82) is 0 Å². The van der Waals surface area contributed by atoms with Gasteiger partial charge in [-0.25, -0.2) is 23.5 Å². The lowest BCUT2D eigenvalue weighted by atomic mass is 9.92. The van der Waals surface area contributed by atoms with E-state index in [0.717, 1.165) is 46.0 Å². The quantitative estimate of drug-likeness (QED) is 0.715.